The van der Waals surface area contributed by atoms with E-state index >= 15 is 0 Å². The van der Waals surface area contributed by atoms with Gasteiger partial charge >= 0.3 is 0 Å². The number of nitrogens with zero attached hydrogens (tertiary/aromatic N) is 2. The molecule has 1 aromatic heterocycles. The minimum absolute atomic E-state index is 0.337. The van der Waals surface area contributed by atoms with Gasteiger partial charge in [-0.1, -0.05) is 13.8 Å². The highest BCUT2D eigenvalue weighted by Gasteiger charge is 2.20. The summed E-state index contributed by atoms with van der Waals surface area (Å²) in [5.41, 5.74) is 3.81. The molecule has 0 saturated carbocycles. The summed E-state index contributed by atoms with van der Waals surface area (Å²) >= 11 is 1.93. The predicted octanol–water partition coefficient (Wildman–Crippen LogP) is 3.53. The van der Waals surface area contributed by atoms with E-state index in [1.54, 1.807) is 0 Å². The quantitative estimate of drug-likeness (QED) is 0.830. The second-order valence-electron chi connectivity index (χ2n) is 5.92. The van der Waals surface area contributed by atoms with E-state index in [1.165, 1.54) is 17.7 Å². The van der Waals surface area contributed by atoms with E-state index in [4.69, 9.17) is 0 Å². The standard InChI is InChI=1S/C15H29N3S/c1-8-18-13(4)14(12(3)17-18)10-16-11(2)9-15(5,6)19-7/h11,16H,8-10H2,1-7H3/t11-/m0/s1. The smallest absolute Gasteiger partial charge is 0.0641 e. The molecule has 19 heavy (non-hydrogen) atoms. The van der Waals surface area contributed by atoms with Crippen LogP contribution in [0.3, 0.4) is 0 Å². The van der Waals surface area contributed by atoms with Gasteiger partial charge < -0.3 is 5.32 Å². The fourth-order valence-electron chi connectivity index (χ4n) is 2.47. The summed E-state index contributed by atoms with van der Waals surface area (Å²) in [6.45, 7) is 15.2. The average Bonchev–Trinajstić information content (AvgIpc) is 2.61. The lowest BCUT2D eigenvalue weighted by Crippen LogP contribution is -2.32. The summed E-state index contributed by atoms with van der Waals surface area (Å²) in [5, 5.41) is 8.21. The third kappa shape index (κ3) is 4.53. The summed E-state index contributed by atoms with van der Waals surface area (Å²) in [5.74, 6) is 0. The summed E-state index contributed by atoms with van der Waals surface area (Å²) in [7, 11) is 0. The molecule has 3 nitrogen and oxygen atoms in total. The lowest BCUT2D eigenvalue weighted by atomic mass is 10.0. The van der Waals surface area contributed by atoms with Crippen LogP contribution in [0.4, 0.5) is 0 Å². The fraction of sp³-hybridized carbons (Fsp3) is 0.800. The van der Waals surface area contributed by atoms with Crippen molar-refractivity contribution < 1.29 is 0 Å². The van der Waals surface area contributed by atoms with Gasteiger partial charge in [-0.15, -0.1) is 0 Å². The third-order valence-corrected chi connectivity index (χ3v) is 5.08. The molecule has 0 unspecified atom stereocenters. The normalized spacial score (nSPS) is 13.8. The summed E-state index contributed by atoms with van der Waals surface area (Å²) < 4.78 is 2.42. The van der Waals surface area contributed by atoms with Crippen molar-refractivity contribution in [2.24, 2.45) is 0 Å². The van der Waals surface area contributed by atoms with Crippen molar-refractivity contribution in [3.05, 3.63) is 17.0 Å². The lowest BCUT2D eigenvalue weighted by molar-refractivity contribution is 0.464. The Bertz CT molecular complexity index is 410. The van der Waals surface area contributed by atoms with Crippen LogP contribution in [0.15, 0.2) is 0 Å². The van der Waals surface area contributed by atoms with Crippen molar-refractivity contribution in [1.82, 2.24) is 15.1 Å². The van der Waals surface area contributed by atoms with Gasteiger partial charge in [0.05, 0.1) is 5.69 Å². The van der Waals surface area contributed by atoms with Gasteiger partial charge in [0.2, 0.25) is 0 Å². The Labute approximate surface area is 122 Å². The minimum atomic E-state index is 0.337. The molecule has 1 heterocycles. The molecule has 0 saturated heterocycles. The van der Waals surface area contributed by atoms with Gasteiger partial charge in [0.15, 0.2) is 0 Å². The van der Waals surface area contributed by atoms with Crippen LogP contribution in [-0.4, -0.2) is 26.8 Å². The Morgan fingerprint density at radius 1 is 1.37 bits per heavy atom. The molecule has 4 heteroatoms. The molecular formula is C15H29N3S. The van der Waals surface area contributed by atoms with Crippen molar-refractivity contribution >= 4 is 11.8 Å². The van der Waals surface area contributed by atoms with Crippen molar-refractivity contribution in [3.63, 3.8) is 0 Å². The minimum Gasteiger partial charge on any atom is -0.310 e. The molecule has 0 fully saturated rings. The second kappa shape index (κ2) is 6.80. The number of hydrogen-bond donors (Lipinski definition) is 1. The molecule has 1 atom stereocenters. The first-order chi connectivity index (χ1) is 8.80. The zero-order valence-electron chi connectivity index (χ0n) is 13.5. The number of rotatable bonds is 7. The molecule has 0 aromatic carbocycles. The van der Waals surface area contributed by atoms with Gasteiger partial charge in [0.1, 0.15) is 0 Å². The van der Waals surface area contributed by atoms with E-state index in [0.717, 1.165) is 18.8 Å². The average molecular weight is 283 g/mol. The Kier molecular flexibility index (Phi) is 5.93. The zero-order chi connectivity index (χ0) is 14.6. The number of nitrogens with one attached hydrogen (secondary N) is 1. The molecule has 0 radical (unpaired) electrons. The maximum atomic E-state index is 4.57. The Morgan fingerprint density at radius 3 is 2.47 bits per heavy atom. The lowest BCUT2D eigenvalue weighted by Gasteiger charge is -2.26. The number of thioether (sulfide) groups is 1. The van der Waals surface area contributed by atoms with Crippen LogP contribution in [0.2, 0.25) is 0 Å². The largest absolute Gasteiger partial charge is 0.310 e. The van der Waals surface area contributed by atoms with Crippen LogP contribution >= 0.6 is 11.8 Å². The van der Waals surface area contributed by atoms with Crippen LogP contribution in [0, 0.1) is 13.8 Å². The van der Waals surface area contributed by atoms with Crippen LogP contribution in [0.25, 0.3) is 0 Å². The van der Waals surface area contributed by atoms with Crippen LogP contribution in [0.5, 0.6) is 0 Å². The highest BCUT2D eigenvalue weighted by Crippen LogP contribution is 2.26. The molecule has 0 bridgehead atoms. The van der Waals surface area contributed by atoms with E-state index < -0.39 is 0 Å². The van der Waals surface area contributed by atoms with E-state index in [0.29, 0.717) is 10.8 Å². The second-order valence-corrected chi connectivity index (χ2v) is 7.43. The van der Waals surface area contributed by atoms with E-state index in [-0.39, 0.29) is 0 Å². The molecule has 0 spiro atoms. The topological polar surface area (TPSA) is 29.9 Å². The fourth-order valence-corrected chi connectivity index (χ4v) is 2.88. The van der Waals surface area contributed by atoms with Crippen molar-refractivity contribution in [2.45, 2.75) is 71.8 Å². The molecule has 0 aliphatic rings. The maximum Gasteiger partial charge on any atom is 0.0641 e. The molecular weight excluding hydrogens is 254 g/mol. The highest BCUT2D eigenvalue weighted by atomic mass is 32.2. The van der Waals surface area contributed by atoms with Crippen molar-refractivity contribution in [3.8, 4) is 0 Å². The molecule has 1 rings (SSSR count). The van der Waals surface area contributed by atoms with Crippen LogP contribution in [-0.2, 0) is 13.1 Å². The highest BCUT2D eigenvalue weighted by molar-refractivity contribution is 7.99. The molecule has 0 aliphatic heterocycles. The summed E-state index contributed by atoms with van der Waals surface area (Å²) in [6.07, 6.45) is 3.36. The van der Waals surface area contributed by atoms with Crippen molar-refractivity contribution in [1.29, 1.82) is 0 Å². The maximum absolute atomic E-state index is 4.57. The molecule has 0 aliphatic carbocycles. The predicted molar refractivity (Wildman–Crippen MR) is 85.9 cm³/mol. The van der Waals surface area contributed by atoms with Crippen molar-refractivity contribution in [2.75, 3.05) is 6.26 Å². The van der Waals surface area contributed by atoms with Crippen LogP contribution < -0.4 is 5.32 Å². The van der Waals surface area contributed by atoms with Crippen LogP contribution in [0.1, 0.15) is 51.1 Å². The number of hydrogen-bond acceptors (Lipinski definition) is 3. The van der Waals surface area contributed by atoms with Gasteiger partial charge in [0.25, 0.3) is 0 Å². The summed E-state index contributed by atoms with van der Waals surface area (Å²) in [4.78, 5) is 0. The first-order valence-corrected chi connectivity index (χ1v) is 8.34. The van der Waals surface area contributed by atoms with E-state index in [2.05, 4.69) is 62.9 Å². The van der Waals surface area contributed by atoms with E-state index in [1.807, 2.05) is 11.8 Å². The SMILES string of the molecule is CCn1nc(C)c(CN[C@@H](C)CC(C)(C)SC)c1C. The number of aryl methyl sites for hydroxylation is 2. The van der Waals surface area contributed by atoms with E-state index in [9.17, 15) is 0 Å². The Balaban J connectivity index is 2.60. The zero-order valence-corrected chi connectivity index (χ0v) is 14.3. The Morgan fingerprint density at radius 2 is 2.00 bits per heavy atom. The van der Waals surface area contributed by atoms with Gasteiger partial charge in [0, 0.05) is 35.1 Å². The molecule has 110 valence electrons. The third-order valence-electron chi connectivity index (χ3n) is 3.81. The van der Waals surface area contributed by atoms with Gasteiger partial charge in [-0.05, 0) is 40.4 Å². The first kappa shape index (κ1) is 16.6. The van der Waals surface area contributed by atoms with Gasteiger partial charge in [-0.25, -0.2) is 0 Å². The molecule has 0 amide bonds. The Hall–Kier alpha value is -0.480. The molecule has 1 aromatic rings. The summed E-state index contributed by atoms with van der Waals surface area (Å²) in [6, 6.07) is 0.520. The first-order valence-electron chi connectivity index (χ1n) is 7.12. The monoisotopic (exact) mass is 283 g/mol. The van der Waals surface area contributed by atoms with Gasteiger partial charge in [-0.3, -0.25) is 4.68 Å². The van der Waals surface area contributed by atoms with Gasteiger partial charge in [-0.2, -0.15) is 16.9 Å². The molecule has 1 N–H and O–H groups in total. The number of aromatic nitrogens is 2.